The molecule has 0 bridgehead atoms. The van der Waals surface area contributed by atoms with Crippen LogP contribution in [0, 0.1) is 0 Å². The molecule has 0 saturated carbocycles. The topological polar surface area (TPSA) is 66.8 Å². The highest BCUT2D eigenvalue weighted by atomic mass is 16.5. The lowest BCUT2D eigenvalue weighted by Crippen LogP contribution is -2.21. The van der Waals surface area contributed by atoms with Crippen molar-refractivity contribution >= 4 is 29.4 Å². The Hall–Kier alpha value is -3.60. The van der Waals surface area contributed by atoms with Crippen LogP contribution >= 0.6 is 0 Å². The number of phenolic OH excluding ortho intramolecular Hbond substituents is 1. The fraction of sp³-hybridized carbons (Fsp3) is 0.286. The Labute approximate surface area is 196 Å². The van der Waals surface area contributed by atoms with Gasteiger partial charge in [0, 0.05) is 30.4 Å². The first-order valence-electron chi connectivity index (χ1n) is 11.2. The lowest BCUT2D eigenvalue weighted by molar-refractivity contribution is -0.121. The molecular formula is C28H33NO4. The molecule has 1 N–H and O–H groups in total. The maximum Gasteiger partial charge on any atom is 0.163 e. The molecule has 5 heteroatoms. The third-order valence-corrected chi connectivity index (χ3v) is 5.01. The normalized spacial score (nSPS) is 11.0. The minimum atomic E-state index is -0.283. The summed E-state index contributed by atoms with van der Waals surface area (Å²) in [6.45, 7) is 10.5. The first-order chi connectivity index (χ1) is 15.8. The number of carbonyl (C=O) groups is 2. The Morgan fingerprint density at radius 2 is 1.58 bits per heavy atom. The number of hydrogen-bond acceptors (Lipinski definition) is 5. The Balaban J connectivity index is 2.10. The monoisotopic (exact) mass is 447 g/mol. The van der Waals surface area contributed by atoms with Gasteiger partial charge in [-0.05, 0) is 81.8 Å². The Morgan fingerprint density at radius 1 is 0.939 bits per heavy atom. The number of rotatable bonds is 12. The van der Waals surface area contributed by atoms with Crippen molar-refractivity contribution in [1.82, 2.24) is 0 Å². The van der Waals surface area contributed by atoms with Gasteiger partial charge in [0.05, 0.1) is 6.42 Å². The van der Waals surface area contributed by atoms with E-state index < -0.39 is 0 Å². The summed E-state index contributed by atoms with van der Waals surface area (Å²) in [5.74, 6) is 0.292. The second-order valence-corrected chi connectivity index (χ2v) is 7.85. The van der Waals surface area contributed by atoms with Crippen LogP contribution in [0.25, 0.3) is 12.2 Å². The molecule has 0 aliphatic carbocycles. The molecule has 0 unspecified atom stereocenters. The fourth-order valence-corrected chi connectivity index (χ4v) is 3.12. The van der Waals surface area contributed by atoms with Gasteiger partial charge in [0.1, 0.15) is 18.1 Å². The average molecular weight is 448 g/mol. The number of anilines is 1. The number of nitrogens with zero attached hydrogens (tertiary/aromatic N) is 1. The van der Waals surface area contributed by atoms with Crippen molar-refractivity contribution in [3.63, 3.8) is 0 Å². The highest BCUT2D eigenvalue weighted by Gasteiger charge is 2.09. The molecule has 0 atom stereocenters. The summed E-state index contributed by atoms with van der Waals surface area (Å²) in [4.78, 5) is 26.7. The van der Waals surface area contributed by atoms with E-state index in [2.05, 4.69) is 18.7 Å². The van der Waals surface area contributed by atoms with E-state index in [4.69, 9.17) is 4.74 Å². The predicted octanol–water partition coefficient (Wildman–Crippen LogP) is 5.84. The summed E-state index contributed by atoms with van der Waals surface area (Å²) < 4.78 is 5.98. The molecule has 0 saturated heterocycles. The van der Waals surface area contributed by atoms with E-state index in [1.165, 1.54) is 17.7 Å². The van der Waals surface area contributed by atoms with Crippen molar-refractivity contribution in [3.05, 3.63) is 77.4 Å². The molecule has 0 spiro atoms. The van der Waals surface area contributed by atoms with Gasteiger partial charge in [0.25, 0.3) is 0 Å². The third kappa shape index (κ3) is 8.81. The standard InChI is InChI=1S/C28H33NO4/c1-5-29(6-2)24-12-10-23(28(19-24)33-18-17-21(3)4)11-16-27(32)20-26(31)15-9-22-7-13-25(30)14-8-22/h7-17,19,30H,5-6,18,20H2,1-4H3. The smallest absolute Gasteiger partial charge is 0.163 e. The summed E-state index contributed by atoms with van der Waals surface area (Å²) in [6, 6.07) is 12.4. The average Bonchev–Trinajstić information content (AvgIpc) is 2.78. The van der Waals surface area contributed by atoms with E-state index in [1.54, 1.807) is 36.4 Å². The first-order valence-corrected chi connectivity index (χ1v) is 11.2. The molecule has 5 nitrogen and oxygen atoms in total. The number of benzene rings is 2. The van der Waals surface area contributed by atoms with E-state index in [1.807, 2.05) is 38.1 Å². The summed E-state index contributed by atoms with van der Waals surface area (Å²) in [5.41, 5.74) is 3.79. The van der Waals surface area contributed by atoms with Gasteiger partial charge in [-0.25, -0.2) is 0 Å². The van der Waals surface area contributed by atoms with Crippen LogP contribution in [0.5, 0.6) is 11.5 Å². The molecule has 0 fully saturated rings. The molecule has 174 valence electrons. The van der Waals surface area contributed by atoms with Crippen LogP contribution in [0.4, 0.5) is 5.69 Å². The molecule has 33 heavy (non-hydrogen) atoms. The number of allylic oxidation sites excluding steroid dienone is 3. The fourth-order valence-electron chi connectivity index (χ4n) is 3.12. The van der Waals surface area contributed by atoms with Gasteiger partial charge in [0.2, 0.25) is 0 Å². The molecule has 0 aliphatic heterocycles. The number of ketones is 2. The summed E-state index contributed by atoms with van der Waals surface area (Å²) in [7, 11) is 0. The van der Waals surface area contributed by atoms with Crippen LogP contribution in [-0.2, 0) is 9.59 Å². The van der Waals surface area contributed by atoms with Crippen molar-refractivity contribution in [2.45, 2.75) is 34.1 Å². The van der Waals surface area contributed by atoms with Crippen molar-refractivity contribution < 1.29 is 19.4 Å². The Bertz CT molecular complexity index is 1020. The van der Waals surface area contributed by atoms with Crippen LogP contribution in [0.3, 0.4) is 0 Å². The second kappa shape index (κ2) is 13.1. The van der Waals surface area contributed by atoms with Gasteiger partial charge in [0.15, 0.2) is 11.6 Å². The van der Waals surface area contributed by atoms with Crippen molar-refractivity contribution in [1.29, 1.82) is 0 Å². The van der Waals surface area contributed by atoms with E-state index in [0.29, 0.717) is 12.4 Å². The summed E-state index contributed by atoms with van der Waals surface area (Å²) in [6.07, 6.45) is 7.92. The molecule has 0 aromatic heterocycles. The maximum atomic E-state index is 12.3. The summed E-state index contributed by atoms with van der Waals surface area (Å²) >= 11 is 0. The van der Waals surface area contributed by atoms with Gasteiger partial charge in [-0.15, -0.1) is 0 Å². The number of phenols is 1. The maximum absolute atomic E-state index is 12.3. The third-order valence-electron chi connectivity index (χ3n) is 5.01. The van der Waals surface area contributed by atoms with Crippen molar-refractivity contribution in [3.8, 4) is 11.5 Å². The van der Waals surface area contributed by atoms with E-state index >= 15 is 0 Å². The van der Waals surface area contributed by atoms with Gasteiger partial charge in [-0.1, -0.05) is 23.8 Å². The van der Waals surface area contributed by atoms with Gasteiger partial charge >= 0.3 is 0 Å². The largest absolute Gasteiger partial charge is 0.508 e. The quantitative estimate of drug-likeness (QED) is 0.252. The summed E-state index contributed by atoms with van der Waals surface area (Å²) in [5, 5.41) is 9.31. The van der Waals surface area contributed by atoms with Crippen LogP contribution in [0.15, 0.2) is 66.3 Å². The zero-order valence-corrected chi connectivity index (χ0v) is 19.9. The van der Waals surface area contributed by atoms with E-state index in [0.717, 1.165) is 29.9 Å². The SMILES string of the molecule is CCN(CC)c1ccc(C=CC(=O)CC(=O)C=Cc2ccc(O)cc2)c(OCC=C(C)C)c1. The molecule has 0 heterocycles. The number of ether oxygens (including phenoxy) is 1. The zero-order chi connectivity index (χ0) is 24.2. The molecule has 0 radical (unpaired) electrons. The molecule has 2 aromatic carbocycles. The second-order valence-electron chi connectivity index (χ2n) is 7.85. The van der Waals surface area contributed by atoms with E-state index in [-0.39, 0.29) is 23.7 Å². The van der Waals surface area contributed by atoms with Crippen LogP contribution in [0.2, 0.25) is 0 Å². The molecule has 0 amide bonds. The molecule has 2 aromatic rings. The molecule has 0 aliphatic rings. The lowest BCUT2D eigenvalue weighted by atomic mass is 10.1. The van der Waals surface area contributed by atoms with Crippen LogP contribution < -0.4 is 9.64 Å². The highest BCUT2D eigenvalue weighted by molar-refractivity contribution is 6.11. The van der Waals surface area contributed by atoms with Crippen LogP contribution in [0.1, 0.15) is 45.2 Å². The van der Waals surface area contributed by atoms with Crippen molar-refractivity contribution in [2.75, 3.05) is 24.6 Å². The zero-order valence-electron chi connectivity index (χ0n) is 19.9. The lowest BCUT2D eigenvalue weighted by Gasteiger charge is -2.22. The number of hydrogen-bond donors (Lipinski definition) is 1. The number of carbonyl (C=O) groups excluding carboxylic acids is 2. The van der Waals surface area contributed by atoms with Gasteiger partial charge in [-0.3, -0.25) is 9.59 Å². The first kappa shape index (κ1) is 25.7. The van der Waals surface area contributed by atoms with Crippen LogP contribution in [-0.4, -0.2) is 36.4 Å². The minimum absolute atomic E-state index is 0.160. The molecule has 2 rings (SSSR count). The minimum Gasteiger partial charge on any atom is -0.508 e. The van der Waals surface area contributed by atoms with Gasteiger partial charge < -0.3 is 14.7 Å². The number of aromatic hydroxyl groups is 1. The molecular weight excluding hydrogens is 414 g/mol. The predicted molar refractivity (Wildman–Crippen MR) is 136 cm³/mol. The van der Waals surface area contributed by atoms with Gasteiger partial charge in [-0.2, -0.15) is 0 Å². The van der Waals surface area contributed by atoms with E-state index in [9.17, 15) is 14.7 Å². The Morgan fingerprint density at radius 3 is 2.18 bits per heavy atom. The Kier molecular flexibility index (Phi) is 10.2. The highest BCUT2D eigenvalue weighted by Crippen LogP contribution is 2.27. The van der Waals surface area contributed by atoms with Crippen molar-refractivity contribution in [2.24, 2.45) is 0 Å².